The molecule has 7 heteroatoms. The molecule has 0 atom stereocenters. The van der Waals surface area contributed by atoms with Crippen molar-refractivity contribution < 1.29 is 0 Å². The minimum atomic E-state index is 0.169. The predicted octanol–water partition coefficient (Wildman–Crippen LogP) is 7.57. The molecule has 1 aliphatic rings. The van der Waals surface area contributed by atoms with Crippen LogP contribution < -0.4 is 19.9 Å². The number of fused-ring (bicyclic) bond motifs is 9. The number of hydrogen-bond donors (Lipinski definition) is 0. The van der Waals surface area contributed by atoms with Crippen LogP contribution in [0.3, 0.4) is 0 Å². The van der Waals surface area contributed by atoms with Gasteiger partial charge in [-0.05, 0) is 18.2 Å². The third kappa shape index (κ3) is 3.03. The standard InChI is InChI=1S/C32H18BN3S3/c1-2-10-19(11-3-1)33-30-27(21-13-5-8-16-24(21)38-30)36(28-22-14-6-9-17-25(22)39-31(28)33)32-29-26(34-18-35-32)20-12-4-7-15-23(20)37-29/h1-18H. The molecule has 39 heavy (non-hydrogen) atoms. The van der Waals surface area contributed by atoms with Gasteiger partial charge >= 0.3 is 0 Å². The third-order valence-electron chi connectivity index (χ3n) is 7.65. The molecule has 0 saturated carbocycles. The van der Waals surface area contributed by atoms with Crippen molar-refractivity contribution in [1.29, 1.82) is 0 Å². The molecule has 3 nitrogen and oxygen atoms in total. The second-order valence-electron chi connectivity index (χ2n) is 9.77. The molecule has 9 rings (SSSR count). The Kier molecular flexibility index (Phi) is 4.61. The van der Waals surface area contributed by atoms with Crippen molar-refractivity contribution in [2.45, 2.75) is 0 Å². The highest BCUT2D eigenvalue weighted by atomic mass is 32.1. The molecule has 0 saturated heterocycles. The number of aromatic nitrogens is 2. The van der Waals surface area contributed by atoms with E-state index in [4.69, 9.17) is 9.97 Å². The Labute approximate surface area is 236 Å². The van der Waals surface area contributed by atoms with E-state index in [2.05, 4.69) is 108 Å². The van der Waals surface area contributed by atoms with Crippen LogP contribution in [0, 0.1) is 0 Å². The van der Waals surface area contributed by atoms with E-state index in [0.717, 1.165) is 16.0 Å². The number of thiophene rings is 3. The highest BCUT2D eigenvalue weighted by molar-refractivity contribution is 7.40. The van der Waals surface area contributed by atoms with Crippen LogP contribution in [-0.4, -0.2) is 16.7 Å². The Balaban J connectivity index is 1.46. The van der Waals surface area contributed by atoms with Crippen LogP contribution in [-0.2, 0) is 0 Å². The Morgan fingerprint density at radius 2 is 1.08 bits per heavy atom. The summed E-state index contributed by atoms with van der Waals surface area (Å²) in [6.45, 7) is 0.169. The van der Waals surface area contributed by atoms with Gasteiger partial charge in [0.1, 0.15) is 6.33 Å². The van der Waals surface area contributed by atoms with Gasteiger partial charge in [0.15, 0.2) is 5.82 Å². The number of anilines is 3. The summed E-state index contributed by atoms with van der Waals surface area (Å²) < 4.78 is 7.70. The van der Waals surface area contributed by atoms with Crippen molar-refractivity contribution >= 4 is 113 Å². The lowest BCUT2D eigenvalue weighted by Crippen LogP contribution is -2.54. The molecule has 0 fully saturated rings. The minimum Gasteiger partial charge on any atom is -0.292 e. The minimum absolute atomic E-state index is 0.169. The molecule has 0 radical (unpaired) electrons. The van der Waals surface area contributed by atoms with Crippen LogP contribution >= 0.6 is 34.0 Å². The van der Waals surface area contributed by atoms with Gasteiger partial charge in [0.05, 0.1) is 21.6 Å². The molecule has 4 aromatic heterocycles. The monoisotopic (exact) mass is 551 g/mol. The zero-order valence-corrected chi connectivity index (χ0v) is 23.0. The fourth-order valence-corrected chi connectivity index (χ4v) is 9.88. The van der Waals surface area contributed by atoms with Crippen LogP contribution in [0.1, 0.15) is 0 Å². The van der Waals surface area contributed by atoms with E-state index in [1.54, 1.807) is 17.7 Å². The van der Waals surface area contributed by atoms with Gasteiger partial charge in [-0.3, -0.25) is 4.90 Å². The summed E-state index contributed by atoms with van der Waals surface area (Å²) in [5.41, 5.74) is 4.84. The number of benzene rings is 4. The van der Waals surface area contributed by atoms with Crippen molar-refractivity contribution in [3.63, 3.8) is 0 Å². The highest BCUT2D eigenvalue weighted by Crippen LogP contribution is 2.49. The lowest BCUT2D eigenvalue weighted by atomic mass is 9.41. The van der Waals surface area contributed by atoms with Gasteiger partial charge in [-0.15, -0.1) is 34.0 Å². The van der Waals surface area contributed by atoms with E-state index in [9.17, 15) is 0 Å². The van der Waals surface area contributed by atoms with Gasteiger partial charge in [-0.1, -0.05) is 90.4 Å². The molecule has 0 amide bonds. The second-order valence-corrected chi connectivity index (χ2v) is 13.0. The zero-order valence-electron chi connectivity index (χ0n) is 20.5. The molecule has 182 valence electrons. The summed E-state index contributed by atoms with van der Waals surface area (Å²) in [6.07, 6.45) is 1.74. The normalized spacial score (nSPS) is 13.0. The molecule has 5 heterocycles. The van der Waals surface area contributed by atoms with Crippen molar-refractivity contribution in [3.05, 3.63) is 109 Å². The van der Waals surface area contributed by atoms with Crippen LogP contribution in [0.2, 0.25) is 0 Å². The Bertz CT molecular complexity index is 2130. The highest BCUT2D eigenvalue weighted by Gasteiger charge is 2.41. The lowest BCUT2D eigenvalue weighted by molar-refractivity contribution is 1.17. The van der Waals surface area contributed by atoms with Crippen molar-refractivity contribution in [2.75, 3.05) is 4.90 Å². The summed E-state index contributed by atoms with van der Waals surface area (Å²) in [5, 5.41) is 3.73. The van der Waals surface area contributed by atoms with E-state index in [-0.39, 0.29) is 6.71 Å². The maximum Gasteiger partial charge on any atom is 0.272 e. The molecule has 0 aliphatic carbocycles. The van der Waals surface area contributed by atoms with Gasteiger partial charge in [0, 0.05) is 39.8 Å². The molecule has 8 aromatic rings. The van der Waals surface area contributed by atoms with Crippen LogP contribution in [0.5, 0.6) is 0 Å². The quantitative estimate of drug-likeness (QED) is 0.208. The van der Waals surface area contributed by atoms with E-state index in [0.29, 0.717) is 0 Å². The Hall–Kier alpha value is -4.04. The largest absolute Gasteiger partial charge is 0.292 e. The Morgan fingerprint density at radius 3 is 1.72 bits per heavy atom. The molecular weight excluding hydrogens is 533 g/mol. The lowest BCUT2D eigenvalue weighted by Gasteiger charge is -2.33. The fraction of sp³-hybridized carbons (Fsp3) is 0. The SMILES string of the molecule is c1ccc(B2c3sc4ccccc4c3N(c3ncnc4c3sc3ccccc34)c3c2sc2ccccc32)cc1. The van der Waals surface area contributed by atoms with Gasteiger partial charge < -0.3 is 0 Å². The number of rotatable bonds is 2. The summed E-state index contributed by atoms with van der Waals surface area (Å²) in [5.74, 6) is 0.960. The molecule has 0 spiro atoms. The Morgan fingerprint density at radius 1 is 0.538 bits per heavy atom. The predicted molar refractivity (Wildman–Crippen MR) is 171 cm³/mol. The van der Waals surface area contributed by atoms with Gasteiger partial charge in [0.2, 0.25) is 0 Å². The fourth-order valence-electron chi connectivity index (χ4n) is 6.02. The number of hydrogen-bond acceptors (Lipinski definition) is 6. The summed E-state index contributed by atoms with van der Waals surface area (Å²) in [4.78, 5) is 12.3. The average Bonchev–Trinajstić information content (AvgIpc) is 3.68. The average molecular weight is 552 g/mol. The summed E-state index contributed by atoms with van der Waals surface area (Å²) in [6, 6.07) is 37.2. The summed E-state index contributed by atoms with van der Waals surface area (Å²) >= 11 is 5.60. The molecule has 0 bridgehead atoms. The molecule has 0 unspecified atom stereocenters. The van der Waals surface area contributed by atoms with E-state index >= 15 is 0 Å². The second kappa shape index (κ2) is 8.23. The maximum atomic E-state index is 5.03. The van der Waals surface area contributed by atoms with Gasteiger partial charge in [0.25, 0.3) is 6.71 Å². The van der Waals surface area contributed by atoms with Crippen LogP contribution in [0.4, 0.5) is 17.2 Å². The van der Waals surface area contributed by atoms with Crippen molar-refractivity contribution in [2.24, 2.45) is 0 Å². The first-order chi connectivity index (χ1) is 19.4. The molecular formula is C32H18BN3S3. The maximum absolute atomic E-state index is 5.03. The van der Waals surface area contributed by atoms with Crippen LogP contribution in [0.15, 0.2) is 109 Å². The number of nitrogens with zero attached hydrogens (tertiary/aromatic N) is 3. The van der Waals surface area contributed by atoms with E-state index < -0.39 is 0 Å². The van der Waals surface area contributed by atoms with Crippen LogP contribution in [0.25, 0.3) is 40.5 Å². The molecule has 1 aliphatic heterocycles. The van der Waals surface area contributed by atoms with E-state index in [1.807, 2.05) is 22.7 Å². The first-order valence-corrected chi connectivity index (χ1v) is 15.3. The van der Waals surface area contributed by atoms with E-state index in [1.165, 1.54) is 56.6 Å². The van der Waals surface area contributed by atoms with Crippen molar-refractivity contribution in [3.8, 4) is 0 Å². The third-order valence-corrected chi connectivity index (χ3v) is 11.3. The smallest absolute Gasteiger partial charge is 0.272 e. The zero-order chi connectivity index (χ0) is 25.5. The summed E-state index contributed by atoms with van der Waals surface area (Å²) in [7, 11) is 0. The first kappa shape index (κ1) is 21.9. The topological polar surface area (TPSA) is 29.0 Å². The first-order valence-electron chi connectivity index (χ1n) is 12.9. The molecule has 0 N–H and O–H groups in total. The van der Waals surface area contributed by atoms with Gasteiger partial charge in [-0.25, -0.2) is 9.97 Å². The van der Waals surface area contributed by atoms with Gasteiger partial charge in [-0.2, -0.15) is 0 Å². The molecule has 4 aromatic carbocycles. The van der Waals surface area contributed by atoms with Crippen molar-refractivity contribution in [1.82, 2.24) is 9.97 Å².